The second kappa shape index (κ2) is 4.71. The molecule has 80 valence electrons. The minimum Gasteiger partial charge on any atom is -0.476 e. The molecule has 0 saturated heterocycles. The quantitative estimate of drug-likeness (QED) is 0.813. The van der Waals surface area contributed by atoms with E-state index in [1.807, 2.05) is 0 Å². The van der Waals surface area contributed by atoms with Crippen LogP contribution in [-0.2, 0) is 0 Å². The highest BCUT2D eigenvalue weighted by molar-refractivity contribution is 7.99. The number of aromatic carboxylic acids is 1. The molecule has 1 N–H and O–H groups in total. The number of hydrogen-bond donors (Lipinski definition) is 1. The van der Waals surface area contributed by atoms with E-state index in [4.69, 9.17) is 5.11 Å². The molecular weight excluding hydrogens is 226 g/mol. The Kier molecular flexibility index (Phi) is 3.11. The summed E-state index contributed by atoms with van der Waals surface area (Å²) in [7, 11) is 0. The van der Waals surface area contributed by atoms with Gasteiger partial charge >= 0.3 is 5.97 Å². The number of carboxylic acid groups (broad SMARTS) is 1. The summed E-state index contributed by atoms with van der Waals surface area (Å²) < 4.78 is 0. The number of rotatable bonds is 3. The summed E-state index contributed by atoms with van der Waals surface area (Å²) in [5.41, 5.74) is 0.0138. The Morgan fingerprint density at radius 2 is 1.81 bits per heavy atom. The molecule has 0 atom stereocenters. The maximum Gasteiger partial charge on any atom is 0.355 e. The summed E-state index contributed by atoms with van der Waals surface area (Å²) in [4.78, 5) is 23.2. The highest BCUT2D eigenvalue weighted by Crippen LogP contribution is 2.25. The molecule has 2 heterocycles. The molecule has 6 heteroatoms. The molecule has 0 amide bonds. The first kappa shape index (κ1) is 10.6. The van der Waals surface area contributed by atoms with E-state index in [1.54, 1.807) is 30.6 Å². The second-order valence-corrected chi connectivity index (χ2v) is 3.80. The van der Waals surface area contributed by atoms with E-state index in [0.717, 1.165) is 0 Å². The van der Waals surface area contributed by atoms with Gasteiger partial charge in [-0.3, -0.25) is 0 Å². The van der Waals surface area contributed by atoms with Crippen LogP contribution in [0.2, 0.25) is 0 Å². The molecule has 0 aliphatic carbocycles. The van der Waals surface area contributed by atoms with Gasteiger partial charge in [0.25, 0.3) is 0 Å². The van der Waals surface area contributed by atoms with Crippen molar-refractivity contribution in [3.05, 3.63) is 42.5 Å². The van der Waals surface area contributed by atoms with Crippen molar-refractivity contribution >= 4 is 17.7 Å². The highest BCUT2D eigenvalue weighted by Gasteiger charge is 2.12. The fourth-order valence-corrected chi connectivity index (χ4v) is 1.88. The van der Waals surface area contributed by atoms with E-state index in [1.165, 1.54) is 18.0 Å². The third-order valence-corrected chi connectivity index (χ3v) is 2.66. The molecule has 2 aromatic rings. The van der Waals surface area contributed by atoms with Gasteiger partial charge in [0.15, 0.2) is 10.9 Å². The summed E-state index contributed by atoms with van der Waals surface area (Å²) >= 11 is 1.18. The van der Waals surface area contributed by atoms with E-state index in [2.05, 4.69) is 15.0 Å². The molecule has 0 saturated carbocycles. The lowest BCUT2D eigenvalue weighted by molar-refractivity contribution is 0.0686. The van der Waals surface area contributed by atoms with Gasteiger partial charge in [-0.2, -0.15) is 0 Å². The topological polar surface area (TPSA) is 76.0 Å². The maximum atomic E-state index is 10.9. The standard InChI is InChI=1S/C10H7N3O2S/c14-9(15)8-7(3-1-4-11-8)16-10-12-5-2-6-13-10/h1-6H,(H,14,15). The molecule has 0 aromatic carbocycles. The summed E-state index contributed by atoms with van der Waals surface area (Å²) in [5, 5.41) is 9.43. The maximum absolute atomic E-state index is 10.9. The number of carboxylic acids is 1. The van der Waals surface area contributed by atoms with Gasteiger partial charge in [0, 0.05) is 23.5 Å². The number of aromatic nitrogens is 3. The number of carbonyl (C=O) groups is 1. The van der Waals surface area contributed by atoms with Gasteiger partial charge in [-0.15, -0.1) is 0 Å². The van der Waals surface area contributed by atoms with Crippen LogP contribution in [0.1, 0.15) is 10.5 Å². The van der Waals surface area contributed by atoms with Crippen LogP contribution in [0.5, 0.6) is 0 Å². The Morgan fingerprint density at radius 3 is 2.50 bits per heavy atom. The van der Waals surface area contributed by atoms with Crippen molar-refractivity contribution in [3.8, 4) is 0 Å². The second-order valence-electron chi connectivity index (χ2n) is 2.79. The van der Waals surface area contributed by atoms with Crippen molar-refractivity contribution in [1.82, 2.24) is 15.0 Å². The van der Waals surface area contributed by atoms with Crippen LogP contribution in [-0.4, -0.2) is 26.0 Å². The van der Waals surface area contributed by atoms with Crippen LogP contribution < -0.4 is 0 Å². The van der Waals surface area contributed by atoms with Crippen molar-refractivity contribution in [3.63, 3.8) is 0 Å². The Balaban J connectivity index is 2.31. The summed E-state index contributed by atoms with van der Waals surface area (Å²) in [6.45, 7) is 0. The van der Waals surface area contributed by atoms with Gasteiger partial charge in [0.05, 0.1) is 0 Å². The molecule has 2 aromatic heterocycles. The molecular formula is C10H7N3O2S. The lowest BCUT2D eigenvalue weighted by Crippen LogP contribution is -2.02. The lowest BCUT2D eigenvalue weighted by atomic mass is 10.3. The van der Waals surface area contributed by atoms with Gasteiger partial charge in [0.1, 0.15) is 0 Å². The largest absolute Gasteiger partial charge is 0.476 e. The minimum atomic E-state index is -1.06. The van der Waals surface area contributed by atoms with E-state index < -0.39 is 5.97 Å². The average molecular weight is 233 g/mol. The Hall–Kier alpha value is -1.95. The SMILES string of the molecule is O=C(O)c1ncccc1Sc1ncccn1. The lowest BCUT2D eigenvalue weighted by Gasteiger charge is -2.02. The molecule has 0 spiro atoms. The number of pyridine rings is 1. The zero-order chi connectivity index (χ0) is 11.4. The van der Waals surface area contributed by atoms with Crippen molar-refractivity contribution in [2.24, 2.45) is 0 Å². The predicted molar refractivity (Wildman–Crippen MR) is 57.4 cm³/mol. The molecule has 0 fully saturated rings. The van der Waals surface area contributed by atoms with Crippen LogP contribution in [0.25, 0.3) is 0 Å². The van der Waals surface area contributed by atoms with Crippen LogP contribution in [0.4, 0.5) is 0 Å². The fraction of sp³-hybridized carbons (Fsp3) is 0. The smallest absolute Gasteiger partial charge is 0.355 e. The van der Waals surface area contributed by atoms with Gasteiger partial charge in [-0.25, -0.2) is 19.7 Å². The first-order chi connectivity index (χ1) is 7.77. The monoisotopic (exact) mass is 233 g/mol. The normalized spacial score (nSPS) is 10.0. The van der Waals surface area contributed by atoms with E-state index in [-0.39, 0.29) is 5.69 Å². The zero-order valence-electron chi connectivity index (χ0n) is 8.07. The Labute approximate surface area is 95.6 Å². The number of hydrogen-bond acceptors (Lipinski definition) is 5. The van der Waals surface area contributed by atoms with Crippen LogP contribution in [0.3, 0.4) is 0 Å². The predicted octanol–water partition coefficient (Wildman–Crippen LogP) is 1.72. The molecule has 0 radical (unpaired) electrons. The number of nitrogens with zero attached hydrogens (tertiary/aromatic N) is 3. The molecule has 0 aliphatic heterocycles. The Morgan fingerprint density at radius 1 is 1.12 bits per heavy atom. The first-order valence-electron chi connectivity index (χ1n) is 4.40. The molecule has 5 nitrogen and oxygen atoms in total. The Bertz CT molecular complexity index is 504. The third kappa shape index (κ3) is 2.34. The molecule has 0 aliphatic rings. The third-order valence-electron chi connectivity index (χ3n) is 1.72. The average Bonchev–Trinajstić information content (AvgIpc) is 2.31. The molecule has 2 rings (SSSR count). The minimum absolute atomic E-state index is 0.0138. The van der Waals surface area contributed by atoms with Crippen molar-refractivity contribution in [2.75, 3.05) is 0 Å². The van der Waals surface area contributed by atoms with E-state index in [9.17, 15) is 4.79 Å². The summed E-state index contributed by atoms with van der Waals surface area (Å²) in [5.74, 6) is -1.06. The molecule has 0 bridgehead atoms. The van der Waals surface area contributed by atoms with Crippen molar-refractivity contribution < 1.29 is 9.90 Å². The van der Waals surface area contributed by atoms with Crippen molar-refractivity contribution in [2.45, 2.75) is 10.1 Å². The molecule has 0 unspecified atom stereocenters. The zero-order valence-corrected chi connectivity index (χ0v) is 8.89. The highest BCUT2D eigenvalue weighted by atomic mass is 32.2. The molecule has 16 heavy (non-hydrogen) atoms. The first-order valence-corrected chi connectivity index (χ1v) is 5.22. The van der Waals surface area contributed by atoms with E-state index in [0.29, 0.717) is 10.1 Å². The van der Waals surface area contributed by atoms with Crippen LogP contribution in [0, 0.1) is 0 Å². The fourth-order valence-electron chi connectivity index (χ4n) is 1.07. The van der Waals surface area contributed by atoms with Gasteiger partial charge in [0.2, 0.25) is 0 Å². The van der Waals surface area contributed by atoms with Gasteiger partial charge in [-0.1, -0.05) is 0 Å². The summed E-state index contributed by atoms with van der Waals surface area (Å²) in [6.07, 6.45) is 4.65. The van der Waals surface area contributed by atoms with Crippen molar-refractivity contribution in [1.29, 1.82) is 0 Å². The summed E-state index contributed by atoms with van der Waals surface area (Å²) in [6, 6.07) is 5.06. The van der Waals surface area contributed by atoms with Crippen LogP contribution >= 0.6 is 11.8 Å². The van der Waals surface area contributed by atoms with Gasteiger partial charge in [-0.05, 0) is 30.0 Å². The van der Waals surface area contributed by atoms with E-state index >= 15 is 0 Å². The van der Waals surface area contributed by atoms with Gasteiger partial charge < -0.3 is 5.11 Å². The van der Waals surface area contributed by atoms with Crippen LogP contribution in [0.15, 0.2) is 46.8 Å².